The van der Waals surface area contributed by atoms with Crippen LogP contribution in [-0.2, 0) is 0 Å². The molecule has 5 rings (SSSR count). The number of imidazole rings is 1. The van der Waals surface area contributed by atoms with Crippen molar-refractivity contribution in [1.82, 2.24) is 30.0 Å². The lowest BCUT2D eigenvalue weighted by molar-refractivity contribution is 0.0794. The third kappa shape index (κ3) is 3.21. The number of fused-ring (bicyclic) bond motifs is 2. The maximum atomic E-state index is 15.4. The molecular weight excluding hydrogens is 416 g/mol. The van der Waals surface area contributed by atoms with Crippen molar-refractivity contribution in [3.05, 3.63) is 43.1 Å². The molecule has 8 nitrogen and oxygen atoms in total. The van der Waals surface area contributed by atoms with Gasteiger partial charge in [-0.3, -0.25) is 0 Å². The summed E-state index contributed by atoms with van der Waals surface area (Å²) in [5.41, 5.74) is -0.0921. The molecule has 0 saturated carbocycles. The van der Waals surface area contributed by atoms with Crippen LogP contribution in [0.3, 0.4) is 0 Å². The van der Waals surface area contributed by atoms with Crippen molar-refractivity contribution in [2.45, 2.75) is 56.2 Å². The molecule has 5 atom stereocenters. The number of nitrogens with zero attached hydrogens (tertiary/aromatic N) is 6. The van der Waals surface area contributed by atoms with Gasteiger partial charge >= 0.3 is 0 Å². The van der Waals surface area contributed by atoms with Gasteiger partial charge in [-0.2, -0.15) is 0 Å². The Morgan fingerprint density at radius 1 is 1.19 bits per heavy atom. The molecule has 2 saturated heterocycles. The fourth-order valence-electron chi connectivity index (χ4n) is 5.05. The fourth-order valence-corrected chi connectivity index (χ4v) is 5.05. The average molecular weight is 441 g/mol. The maximum Gasteiger partial charge on any atom is 0.245 e. The predicted octanol–water partition coefficient (Wildman–Crippen LogP) is 2.83. The Kier molecular flexibility index (Phi) is 4.66. The van der Waals surface area contributed by atoms with Crippen molar-refractivity contribution in [3.8, 4) is 22.7 Å². The molecule has 0 aliphatic carbocycles. The molecule has 3 aromatic rings. The summed E-state index contributed by atoms with van der Waals surface area (Å²) in [5.74, 6) is 0.279. The van der Waals surface area contributed by atoms with Crippen LogP contribution in [0, 0.1) is 0 Å². The van der Waals surface area contributed by atoms with Crippen molar-refractivity contribution >= 4 is 5.95 Å². The monoisotopic (exact) mass is 441 g/mol. The van der Waals surface area contributed by atoms with Crippen molar-refractivity contribution in [3.63, 3.8) is 0 Å². The van der Waals surface area contributed by atoms with Crippen LogP contribution in [-0.4, -0.2) is 66.3 Å². The smallest absolute Gasteiger partial charge is 0.245 e. The Bertz CT molecular complexity index is 1130. The first-order valence-electron chi connectivity index (χ1n) is 10.5. The number of rotatable bonds is 4. The van der Waals surface area contributed by atoms with E-state index in [0.29, 0.717) is 17.7 Å². The minimum Gasteiger partial charge on any atom is -0.507 e. The number of alkyl halides is 2. The standard InChI is InChI=1S/C22H25F2N7O/c1-21-9-16(19(24)22(2,29-21)10-18(21)23)30(3)20-26-11-15(27-28-20)14-5-4-13(8-17(14)32)31-7-6-25-12-31/h4-8,11-12,16,18-19,29,32H,9-10H2,1-3H3/t16-,18+,19+,21+,22+/m1/s1. The highest BCUT2D eigenvalue weighted by Gasteiger charge is 2.61. The van der Waals surface area contributed by atoms with Gasteiger partial charge in [-0.15, -0.1) is 10.2 Å². The molecule has 10 heteroatoms. The van der Waals surface area contributed by atoms with E-state index in [4.69, 9.17) is 0 Å². The Morgan fingerprint density at radius 3 is 2.66 bits per heavy atom. The molecule has 2 aliphatic rings. The lowest BCUT2D eigenvalue weighted by Crippen LogP contribution is -2.66. The van der Waals surface area contributed by atoms with Gasteiger partial charge in [-0.25, -0.2) is 18.7 Å². The number of aromatic hydroxyl groups is 1. The molecular formula is C22H25F2N7O. The lowest BCUT2D eigenvalue weighted by atomic mass is 9.82. The van der Waals surface area contributed by atoms with Crippen LogP contribution >= 0.6 is 0 Å². The zero-order valence-corrected chi connectivity index (χ0v) is 18.1. The Labute approximate surface area is 184 Å². The summed E-state index contributed by atoms with van der Waals surface area (Å²) in [4.78, 5) is 9.99. The summed E-state index contributed by atoms with van der Waals surface area (Å²) in [5, 5.41) is 22.0. The number of aromatic nitrogens is 5. The quantitative estimate of drug-likeness (QED) is 0.643. The highest BCUT2D eigenvalue weighted by atomic mass is 19.1. The van der Waals surface area contributed by atoms with Crippen molar-refractivity contribution in [2.24, 2.45) is 0 Å². The SMILES string of the molecule is CN(c1ncc(-c2ccc(-n3ccnc3)cc2O)nn1)[C@@H]1C[C@]2(C)N[C@@](C)(C[C@@H]2F)[C@H]1F. The van der Waals surface area contributed by atoms with Gasteiger partial charge in [0, 0.05) is 43.0 Å². The predicted molar refractivity (Wildman–Crippen MR) is 115 cm³/mol. The van der Waals surface area contributed by atoms with Gasteiger partial charge < -0.3 is 19.9 Å². The van der Waals surface area contributed by atoms with Crippen molar-refractivity contribution in [1.29, 1.82) is 0 Å². The second-order valence-electron chi connectivity index (χ2n) is 9.23. The largest absolute Gasteiger partial charge is 0.507 e. The van der Waals surface area contributed by atoms with E-state index in [1.54, 1.807) is 61.2 Å². The third-order valence-electron chi connectivity index (χ3n) is 6.87. The second kappa shape index (κ2) is 7.19. The molecule has 168 valence electrons. The summed E-state index contributed by atoms with van der Waals surface area (Å²) in [6, 6.07) is 4.57. The minimum atomic E-state index is -1.29. The van der Waals surface area contributed by atoms with E-state index < -0.39 is 29.5 Å². The van der Waals surface area contributed by atoms with E-state index >= 15 is 4.39 Å². The van der Waals surface area contributed by atoms with E-state index in [-0.39, 0.29) is 18.1 Å². The van der Waals surface area contributed by atoms with E-state index in [9.17, 15) is 9.50 Å². The first-order chi connectivity index (χ1) is 15.2. The summed E-state index contributed by atoms with van der Waals surface area (Å²) in [6.45, 7) is 3.53. The lowest BCUT2D eigenvalue weighted by Gasteiger charge is -2.47. The van der Waals surface area contributed by atoms with Crippen molar-refractivity contribution in [2.75, 3.05) is 11.9 Å². The zero-order chi connectivity index (χ0) is 22.7. The van der Waals surface area contributed by atoms with Gasteiger partial charge in [0.1, 0.15) is 23.8 Å². The molecule has 2 N–H and O–H groups in total. The van der Waals surface area contributed by atoms with Crippen molar-refractivity contribution < 1.29 is 13.9 Å². The normalized spacial score (nSPS) is 31.6. The molecule has 1 aromatic carbocycles. The molecule has 0 radical (unpaired) electrons. The minimum absolute atomic E-state index is 0.0296. The van der Waals surface area contributed by atoms with Crippen LogP contribution in [0.15, 0.2) is 43.1 Å². The topological polar surface area (TPSA) is 92.0 Å². The van der Waals surface area contributed by atoms with Crippen LogP contribution in [0.25, 0.3) is 16.9 Å². The van der Waals surface area contributed by atoms with Gasteiger partial charge in [-0.1, -0.05) is 0 Å². The number of phenolic OH excluding ortho intramolecular Hbond substituents is 1. The van der Waals surface area contributed by atoms with Crippen LogP contribution < -0.4 is 10.2 Å². The number of anilines is 1. The first-order valence-corrected chi connectivity index (χ1v) is 10.5. The van der Waals surface area contributed by atoms with Crippen LogP contribution in [0.2, 0.25) is 0 Å². The first kappa shape index (κ1) is 20.7. The highest BCUT2D eigenvalue weighted by Crippen LogP contribution is 2.46. The number of nitrogens with one attached hydrogen (secondary N) is 1. The van der Waals surface area contributed by atoms with Crippen LogP contribution in [0.4, 0.5) is 14.7 Å². The van der Waals surface area contributed by atoms with Gasteiger partial charge in [0.25, 0.3) is 0 Å². The molecule has 0 unspecified atom stereocenters. The van der Waals surface area contributed by atoms with E-state index in [1.165, 1.54) is 6.20 Å². The molecule has 0 spiro atoms. The number of hydrogen-bond acceptors (Lipinski definition) is 7. The van der Waals surface area contributed by atoms with Gasteiger partial charge in [0.05, 0.1) is 29.8 Å². The van der Waals surface area contributed by atoms with E-state index in [0.717, 1.165) is 5.69 Å². The third-order valence-corrected chi connectivity index (χ3v) is 6.87. The zero-order valence-electron chi connectivity index (χ0n) is 18.1. The highest BCUT2D eigenvalue weighted by molar-refractivity contribution is 5.68. The maximum absolute atomic E-state index is 15.4. The Balaban J connectivity index is 1.38. The summed E-state index contributed by atoms with van der Waals surface area (Å²) in [7, 11) is 1.70. The summed E-state index contributed by atoms with van der Waals surface area (Å²) >= 11 is 0. The van der Waals surface area contributed by atoms with Crippen LogP contribution in [0.5, 0.6) is 5.75 Å². The molecule has 0 amide bonds. The van der Waals surface area contributed by atoms with Gasteiger partial charge in [-0.05, 0) is 32.4 Å². The summed E-state index contributed by atoms with van der Waals surface area (Å²) in [6.07, 6.45) is 4.59. The molecule has 2 aliphatic heterocycles. The molecule has 2 bridgehead atoms. The Morgan fingerprint density at radius 2 is 2.00 bits per heavy atom. The molecule has 4 heterocycles. The molecule has 2 fully saturated rings. The molecule has 2 aromatic heterocycles. The summed E-state index contributed by atoms with van der Waals surface area (Å²) < 4.78 is 31.7. The van der Waals surface area contributed by atoms with E-state index in [2.05, 4.69) is 25.5 Å². The number of halogens is 2. The fraction of sp³-hybridized carbons (Fsp3) is 0.455. The number of piperidine rings is 1. The molecule has 32 heavy (non-hydrogen) atoms. The van der Waals surface area contributed by atoms with Gasteiger partial charge in [0.2, 0.25) is 5.95 Å². The van der Waals surface area contributed by atoms with E-state index in [1.807, 2.05) is 6.07 Å². The second-order valence-corrected chi connectivity index (χ2v) is 9.23. The Hall–Kier alpha value is -3.14. The van der Waals surface area contributed by atoms with Gasteiger partial charge in [0.15, 0.2) is 0 Å². The average Bonchev–Trinajstić information content (AvgIpc) is 3.37. The number of phenols is 1. The number of hydrogen-bond donors (Lipinski definition) is 2. The van der Waals surface area contributed by atoms with Crippen LogP contribution in [0.1, 0.15) is 26.7 Å². The number of benzene rings is 1.